The smallest absolute Gasteiger partial charge is 0.270 e. The minimum atomic E-state index is -0.327. The van der Waals surface area contributed by atoms with Gasteiger partial charge in [0.1, 0.15) is 12.2 Å². The van der Waals surface area contributed by atoms with Crippen LogP contribution >= 0.6 is 0 Å². The van der Waals surface area contributed by atoms with Gasteiger partial charge in [0.2, 0.25) is 5.91 Å². The summed E-state index contributed by atoms with van der Waals surface area (Å²) in [5.41, 5.74) is 12.7. The van der Waals surface area contributed by atoms with Crippen molar-refractivity contribution in [3.05, 3.63) is 46.2 Å². The number of carbonyl (C=O) groups is 2. The number of rotatable bonds is 8. The van der Waals surface area contributed by atoms with E-state index in [-0.39, 0.29) is 30.0 Å². The molecule has 0 radical (unpaired) electrons. The minimum absolute atomic E-state index is 0.0382. The number of nitrogens with zero attached hydrogens (tertiary/aromatic N) is 3. The number of aliphatic hydroxyl groups is 1. The molecule has 2 unspecified atom stereocenters. The first-order valence-corrected chi connectivity index (χ1v) is 15.8. The first-order chi connectivity index (χ1) is 19.5. The number of hydrogen-bond acceptors (Lipinski definition) is 5. The number of likely N-dealkylation sites (tertiary alicyclic amines) is 1. The summed E-state index contributed by atoms with van der Waals surface area (Å²) in [6.45, 7) is 15.0. The molecular formula is C34H52N4O3. The number of aryl methyl sites for hydroxylation is 2. The summed E-state index contributed by atoms with van der Waals surface area (Å²) in [6, 6.07) is 6.38. The van der Waals surface area contributed by atoms with E-state index in [1.807, 2.05) is 0 Å². The first kappa shape index (κ1) is 31.3. The number of aliphatic hydroxyl groups excluding tert-OH is 1. The summed E-state index contributed by atoms with van der Waals surface area (Å²) in [5, 5.41) is 9.73. The van der Waals surface area contributed by atoms with Crippen molar-refractivity contribution in [2.24, 2.45) is 28.5 Å². The molecule has 2 amide bonds. The molecule has 3 aliphatic carbocycles. The van der Waals surface area contributed by atoms with Gasteiger partial charge < -0.3 is 20.6 Å². The molecule has 7 nitrogen and oxygen atoms in total. The van der Waals surface area contributed by atoms with E-state index in [4.69, 9.17) is 10.7 Å². The molecule has 41 heavy (non-hydrogen) atoms. The van der Waals surface area contributed by atoms with E-state index in [2.05, 4.69) is 64.6 Å². The van der Waals surface area contributed by atoms with E-state index in [1.54, 1.807) is 4.90 Å². The third-order valence-corrected chi connectivity index (χ3v) is 9.90. The molecule has 5 rings (SSSR count). The number of aliphatic imine (C=N–C) groups is 1. The second-order valence-electron chi connectivity index (χ2n) is 13.2. The molecule has 7 heteroatoms. The zero-order valence-electron chi connectivity index (χ0n) is 26.2. The third kappa shape index (κ3) is 7.40. The van der Waals surface area contributed by atoms with Crippen LogP contribution in [0.15, 0.2) is 34.5 Å². The molecule has 1 aromatic rings. The maximum Gasteiger partial charge on any atom is 0.270 e. The van der Waals surface area contributed by atoms with Crippen molar-refractivity contribution in [3.63, 3.8) is 0 Å². The summed E-state index contributed by atoms with van der Waals surface area (Å²) in [6.07, 6.45) is 6.94. The van der Waals surface area contributed by atoms with Gasteiger partial charge in [-0.3, -0.25) is 14.6 Å². The highest BCUT2D eigenvalue weighted by atomic mass is 16.3. The average molecular weight is 565 g/mol. The monoisotopic (exact) mass is 564 g/mol. The highest BCUT2D eigenvalue weighted by molar-refractivity contribution is 6.11. The lowest BCUT2D eigenvalue weighted by Gasteiger charge is -2.32. The molecule has 226 valence electrons. The van der Waals surface area contributed by atoms with Gasteiger partial charge in [0.25, 0.3) is 5.91 Å². The zero-order chi connectivity index (χ0) is 29.9. The highest BCUT2D eigenvalue weighted by Gasteiger charge is 2.51. The van der Waals surface area contributed by atoms with Crippen molar-refractivity contribution >= 4 is 17.5 Å². The molecule has 4 aliphatic rings. The van der Waals surface area contributed by atoms with E-state index in [0.29, 0.717) is 49.4 Å². The van der Waals surface area contributed by atoms with Crippen LogP contribution in [0, 0.1) is 38.5 Å². The van der Waals surface area contributed by atoms with E-state index >= 15 is 0 Å². The summed E-state index contributed by atoms with van der Waals surface area (Å²) in [4.78, 5) is 34.8. The van der Waals surface area contributed by atoms with Crippen LogP contribution in [0.5, 0.6) is 0 Å². The van der Waals surface area contributed by atoms with Crippen LogP contribution in [0.25, 0.3) is 0 Å². The molecule has 1 aromatic carbocycles. The quantitative estimate of drug-likeness (QED) is 0.430. The fourth-order valence-corrected chi connectivity index (χ4v) is 6.38. The van der Waals surface area contributed by atoms with Crippen molar-refractivity contribution in [2.45, 2.75) is 105 Å². The van der Waals surface area contributed by atoms with Gasteiger partial charge in [-0.05, 0) is 107 Å². The van der Waals surface area contributed by atoms with E-state index in [9.17, 15) is 14.7 Å². The topological polar surface area (TPSA) is 99.2 Å². The number of carbonyl (C=O) groups excluding carboxylic acids is 2. The molecule has 0 bridgehead atoms. The summed E-state index contributed by atoms with van der Waals surface area (Å²) >= 11 is 0. The van der Waals surface area contributed by atoms with Crippen molar-refractivity contribution in [2.75, 3.05) is 26.2 Å². The Morgan fingerprint density at radius 2 is 1.78 bits per heavy atom. The van der Waals surface area contributed by atoms with Crippen LogP contribution in [-0.4, -0.2) is 70.3 Å². The Labute approximate surface area is 247 Å². The number of allylic oxidation sites excluding steroid dienone is 1. The van der Waals surface area contributed by atoms with Crippen molar-refractivity contribution < 1.29 is 14.7 Å². The maximum atomic E-state index is 13.2. The van der Waals surface area contributed by atoms with Crippen LogP contribution in [-0.2, 0) is 9.59 Å². The van der Waals surface area contributed by atoms with Gasteiger partial charge in [-0.2, -0.15) is 0 Å². The molecule has 3 saturated carbocycles. The predicted molar refractivity (Wildman–Crippen MR) is 166 cm³/mol. The molecule has 1 saturated heterocycles. The fraction of sp³-hybridized carbons (Fsp3) is 0.676. The summed E-state index contributed by atoms with van der Waals surface area (Å²) < 4.78 is 0. The second kappa shape index (κ2) is 13.1. The second-order valence-corrected chi connectivity index (χ2v) is 13.2. The normalized spacial score (nSPS) is 25.0. The van der Waals surface area contributed by atoms with Crippen molar-refractivity contribution in [3.8, 4) is 0 Å². The van der Waals surface area contributed by atoms with Crippen LogP contribution in [0.3, 0.4) is 0 Å². The van der Waals surface area contributed by atoms with Gasteiger partial charge >= 0.3 is 0 Å². The predicted octanol–water partition coefficient (Wildman–Crippen LogP) is 5.09. The Bertz CT molecular complexity index is 1150. The Morgan fingerprint density at radius 1 is 1.15 bits per heavy atom. The van der Waals surface area contributed by atoms with Gasteiger partial charge in [-0.15, -0.1) is 0 Å². The Morgan fingerprint density at radius 3 is 2.32 bits per heavy atom. The lowest BCUT2D eigenvalue weighted by Crippen LogP contribution is -2.44. The average Bonchev–Trinajstić information content (AvgIpc) is 3.87. The van der Waals surface area contributed by atoms with Crippen LogP contribution in [0.4, 0.5) is 0 Å². The van der Waals surface area contributed by atoms with Crippen LogP contribution in [0.2, 0.25) is 0 Å². The van der Waals surface area contributed by atoms with E-state index < -0.39 is 0 Å². The molecule has 2 atom stereocenters. The SMILES string of the molecule is CCC1(N(CCC(C)C)C(=O)CN=C2CC3CC3/C2=C(/N)C(=O)N2CCC(O)CC2)CC1.Cc1cccc(C)c1C. The Balaban J connectivity index is 0.000000367. The standard InChI is InChI=1S/C25H40N4O3.C9H12/c1-4-25(8-9-25)29(12-5-16(2)3)21(31)15-27-20-14-17-13-19(17)22(20)23(26)24(32)28-10-6-18(30)7-11-28;1-7-5-4-6-8(2)9(7)3/h16-19,30H,4-15,26H2,1-3H3;4-6H,1-3H3/b23-22-,27-20?;. The van der Waals surface area contributed by atoms with Gasteiger partial charge in [0, 0.05) is 36.5 Å². The third-order valence-electron chi connectivity index (χ3n) is 9.90. The molecular weight excluding hydrogens is 512 g/mol. The number of fused-ring (bicyclic) bond motifs is 1. The largest absolute Gasteiger partial charge is 0.394 e. The van der Waals surface area contributed by atoms with Crippen LogP contribution < -0.4 is 5.73 Å². The van der Waals surface area contributed by atoms with Crippen molar-refractivity contribution in [1.82, 2.24) is 9.80 Å². The summed E-state index contributed by atoms with van der Waals surface area (Å²) in [5.74, 6) is 1.37. The lowest BCUT2D eigenvalue weighted by molar-refractivity contribution is -0.133. The van der Waals surface area contributed by atoms with Gasteiger partial charge in [-0.25, -0.2) is 0 Å². The van der Waals surface area contributed by atoms with Gasteiger partial charge in [-0.1, -0.05) is 39.0 Å². The Kier molecular flexibility index (Phi) is 9.99. The molecule has 1 aliphatic heterocycles. The first-order valence-electron chi connectivity index (χ1n) is 15.8. The minimum Gasteiger partial charge on any atom is -0.394 e. The highest BCUT2D eigenvalue weighted by Crippen LogP contribution is 2.54. The lowest BCUT2D eigenvalue weighted by atomic mass is 10.0. The molecule has 0 spiro atoms. The van der Waals surface area contributed by atoms with E-state index in [0.717, 1.165) is 56.4 Å². The number of hydrogen-bond donors (Lipinski definition) is 2. The molecule has 3 N–H and O–H groups in total. The molecule has 4 fully saturated rings. The number of nitrogens with two attached hydrogens (primary N) is 1. The van der Waals surface area contributed by atoms with Gasteiger partial charge in [0.15, 0.2) is 0 Å². The Hall–Kier alpha value is -2.67. The number of amides is 2. The van der Waals surface area contributed by atoms with Crippen LogP contribution in [0.1, 0.15) is 88.8 Å². The number of benzene rings is 1. The number of piperidine rings is 1. The zero-order valence-corrected chi connectivity index (χ0v) is 26.2. The summed E-state index contributed by atoms with van der Waals surface area (Å²) in [7, 11) is 0. The maximum absolute atomic E-state index is 13.2. The van der Waals surface area contributed by atoms with Gasteiger partial charge in [0.05, 0.1) is 6.10 Å². The molecule has 0 aromatic heterocycles. The van der Waals surface area contributed by atoms with E-state index in [1.165, 1.54) is 16.7 Å². The molecule has 1 heterocycles. The van der Waals surface area contributed by atoms with Crippen molar-refractivity contribution in [1.29, 1.82) is 0 Å². The fourth-order valence-electron chi connectivity index (χ4n) is 6.38.